The van der Waals surface area contributed by atoms with Gasteiger partial charge in [0.05, 0.1) is 5.69 Å². The number of halogens is 2. The summed E-state index contributed by atoms with van der Waals surface area (Å²) in [5, 5.41) is 0.445. The van der Waals surface area contributed by atoms with Gasteiger partial charge in [0, 0.05) is 15.7 Å². The van der Waals surface area contributed by atoms with Crippen molar-refractivity contribution in [3.63, 3.8) is 0 Å². The molecule has 0 amide bonds. The Bertz CT molecular complexity index is 377. The molecule has 3 nitrogen and oxygen atoms in total. The molecule has 1 aromatic carbocycles. The van der Waals surface area contributed by atoms with Crippen molar-refractivity contribution in [1.82, 2.24) is 0 Å². The quantitative estimate of drug-likeness (QED) is 0.786. The lowest BCUT2D eigenvalue weighted by atomic mass is 10.3. The summed E-state index contributed by atoms with van der Waals surface area (Å²) in [5.74, 6) is 0. The lowest BCUT2D eigenvalue weighted by Gasteiger charge is -2.00. The molecule has 1 aromatic rings. The van der Waals surface area contributed by atoms with Gasteiger partial charge in [0.2, 0.25) is 0 Å². The smallest absolute Gasteiger partial charge is 0.271 e. The van der Waals surface area contributed by atoms with Crippen LogP contribution in [0.25, 0.3) is 0 Å². The van der Waals surface area contributed by atoms with E-state index in [1.165, 1.54) is 6.07 Å². The molecule has 12 heavy (non-hydrogen) atoms. The van der Waals surface area contributed by atoms with Gasteiger partial charge >= 0.3 is 9.24 Å². The van der Waals surface area contributed by atoms with Crippen molar-refractivity contribution in [3.05, 3.63) is 29.3 Å². The minimum Gasteiger partial charge on any atom is -0.271 e. The van der Waals surface area contributed by atoms with Crippen LogP contribution in [0, 0.1) is 0 Å². The molecule has 0 atom stereocenters. The Morgan fingerprint density at radius 1 is 1.33 bits per heavy atom. The molecule has 0 heterocycles. The van der Waals surface area contributed by atoms with E-state index < -0.39 is 9.24 Å². The number of anilines is 1. The van der Waals surface area contributed by atoms with E-state index in [1.807, 2.05) is 0 Å². The highest BCUT2D eigenvalue weighted by atomic mass is 35.7. The van der Waals surface area contributed by atoms with E-state index in [0.29, 0.717) is 10.7 Å². The standard InChI is InChI=1S/C6H5Cl2NO2S/c7-5-2-1-3-6(4-5)9-12(8,10)11/h1-4,9H. The Labute approximate surface area is 79.9 Å². The summed E-state index contributed by atoms with van der Waals surface area (Å²) in [6.45, 7) is 0. The molecule has 0 spiro atoms. The van der Waals surface area contributed by atoms with E-state index in [4.69, 9.17) is 22.3 Å². The van der Waals surface area contributed by atoms with Crippen molar-refractivity contribution < 1.29 is 8.42 Å². The summed E-state index contributed by atoms with van der Waals surface area (Å²) in [5.41, 5.74) is 0.345. The summed E-state index contributed by atoms with van der Waals surface area (Å²) >= 11 is 5.60. The third-order valence-electron chi connectivity index (χ3n) is 1.06. The largest absolute Gasteiger partial charge is 0.319 e. The van der Waals surface area contributed by atoms with E-state index >= 15 is 0 Å². The fourth-order valence-corrected chi connectivity index (χ4v) is 1.56. The number of benzene rings is 1. The van der Waals surface area contributed by atoms with Crippen LogP contribution in [0.2, 0.25) is 5.02 Å². The molecule has 1 rings (SSSR count). The van der Waals surface area contributed by atoms with Gasteiger partial charge in [-0.2, -0.15) is 8.42 Å². The second-order valence-electron chi connectivity index (χ2n) is 2.05. The second-order valence-corrected chi connectivity index (χ2v) is 4.79. The predicted octanol–water partition coefficient (Wildman–Crippen LogP) is 2.24. The average molecular weight is 226 g/mol. The van der Waals surface area contributed by atoms with E-state index in [9.17, 15) is 8.42 Å². The average Bonchev–Trinajstić information content (AvgIpc) is 1.82. The molecule has 0 fully saturated rings. The zero-order valence-corrected chi connectivity index (χ0v) is 8.12. The fourth-order valence-electron chi connectivity index (χ4n) is 0.693. The van der Waals surface area contributed by atoms with E-state index in [0.717, 1.165) is 0 Å². The third kappa shape index (κ3) is 3.30. The van der Waals surface area contributed by atoms with Crippen LogP contribution in [0.4, 0.5) is 5.69 Å². The molecule has 6 heteroatoms. The van der Waals surface area contributed by atoms with E-state index in [1.54, 1.807) is 18.2 Å². The Balaban J connectivity index is 2.91. The molecule has 0 bridgehead atoms. The lowest BCUT2D eigenvalue weighted by molar-refractivity contribution is 0.614. The van der Waals surface area contributed by atoms with Gasteiger partial charge in [-0.1, -0.05) is 17.7 Å². The van der Waals surface area contributed by atoms with Gasteiger partial charge in [0.25, 0.3) is 0 Å². The first-order chi connectivity index (χ1) is 5.47. The molecule has 0 unspecified atom stereocenters. The van der Waals surface area contributed by atoms with Gasteiger partial charge in [0.15, 0.2) is 0 Å². The van der Waals surface area contributed by atoms with Gasteiger partial charge in [0.1, 0.15) is 0 Å². The van der Waals surface area contributed by atoms with Crippen LogP contribution in [-0.4, -0.2) is 8.42 Å². The first-order valence-corrected chi connectivity index (χ1v) is 5.64. The van der Waals surface area contributed by atoms with Crippen molar-refractivity contribution in [2.75, 3.05) is 4.72 Å². The maximum absolute atomic E-state index is 10.5. The van der Waals surface area contributed by atoms with Crippen molar-refractivity contribution in [2.45, 2.75) is 0 Å². The summed E-state index contributed by atoms with van der Waals surface area (Å²) in [6, 6.07) is 6.26. The monoisotopic (exact) mass is 225 g/mol. The minimum atomic E-state index is -3.73. The zero-order valence-electron chi connectivity index (χ0n) is 5.79. The molecule has 0 radical (unpaired) electrons. The van der Waals surface area contributed by atoms with Crippen molar-refractivity contribution >= 4 is 37.2 Å². The number of hydrogen-bond acceptors (Lipinski definition) is 2. The Kier molecular flexibility index (Phi) is 2.82. The van der Waals surface area contributed by atoms with Crippen LogP contribution in [0.5, 0.6) is 0 Å². The fraction of sp³-hybridized carbons (Fsp3) is 0. The van der Waals surface area contributed by atoms with Gasteiger partial charge < -0.3 is 0 Å². The summed E-state index contributed by atoms with van der Waals surface area (Å²) in [4.78, 5) is 0. The number of nitrogens with one attached hydrogen (secondary N) is 1. The van der Waals surface area contributed by atoms with Crippen LogP contribution in [0.1, 0.15) is 0 Å². The highest BCUT2D eigenvalue weighted by Crippen LogP contribution is 2.16. The van der Waals surface area contributed by atoms with E-state index in [-0.39, 0.29) is 0 Å². The minimum absolute atomic E-state index is 0.345. The van der Waals surface area contributed by atoms with Gasteiger partial charge in [-0.15, -0.1) is 0 Å². The molecule has 66 valence electrons. The second kappa shape index (κ2) is 3.51. The van der Waals surface area contributed by atoms with Crippen molar-refractivity contribution in [1.29, 1.82) is 0 Å². The molecule has 0 aliphatic carbocycles. The van der Waals surface area contributed by atoms with Crippen LogP contribution < -0.4 is 4.72 Å². The van der Waals surface area contributed by atoms with Crippen LogP contribution in [0.15, 0.2) is 24.3 Å². The molecular formula is C6H5Cl2NO2S. The lowest BCUT2D eigenvalue weighted by Crippen LogP contribution is -2.03. The first kappa shape index (κ1) is 9.64. The summed E-state index contributed by atoms with van der Waals surface area (Å²) in [7, 11) is 1.21. The van der Waals surface area contributed by atoms with Gasteiger partial charge in [-0.3, -0.25) is 4.72 Å². The van der Waals surface area contributed by atoms with Crippen LogP contribution in [0.3, 0.4) is 0 Å². The normalized spacial score (nSPS) is 11.2. The van der Waals surface area contributed by atoms with Crippen LogP contribution in [-0.2, 0) is 9.24 Å². The Morgan fingerprint density at radius 2 is 2.00 bits per heavy atom. The highest BCUT2D eigenvalue weighted by molar-refractivity contribution is 8.14. The Morgan fingerprint density at radius 3 is 2.50 bits per heavy atom. The molecule has 0 saturated heterocycles. The van der Waals surface area contributed by atoms with Gasteiger partial charge in [-0.05, 0) is 18.2 Å². The predicted molar refractivity (Wildman–Crippen MR) is 49.8 cm³/mol. The molecule has 0 saturated carbocycles. The molecular weight excluding hydrogens is 221 g/mol. The summed E-state index contributed by atoms with van der Waals surface area (Å²) in [6.07, 6.45) is 0. The SMILES string of the molecule is O=S(=O)(Cl)Nc1cccc(Cl)c1. The topological polar surface area (TPSA) is 46.2 Å². The maximum Gasteiger partial charge on any atom is 0.319 e. The maximum atomic E-state index is 10.5. The molecule has 0 aliphatic heterocycles. The first-order valence-electron chi connectivity index (χ1n) is 2.95. The third-order valence-corrected chi connectivity index (χ3v) is 2.01. The molecule has 1 N–H and O–H groups in total. The van der Waals surface area contributed by atoms with E-state index in [2.05, 4.69) is 4.72 Å². The molecule has 0 aliphatic rings. The zero-order chi connectivity index (χ0) is 9.19. The molecule has 0 aromatic heterocycles. The summed E-state index contributed by atoms with van der Waals surface area (Å²) < 4.78 is 23.1. The van der Waals surface area contributed by atoms with Crippen molar-refractivity contribution in [3.8, 4) is 0 Å². The number of hydrogen-bond donors (Lipinski definition) is 1. The van der Waals surface area contributed by atoms with Gasteiger partial charge in [-0.25, -0.2) is 0 Å². The Hall–Kier alpha value is -0.450. The van der Waals surface area contributed by atoms with Crippen molar-refractivity contribution in [2.24, 2.45) is 0 Å². The van der Waals surface area contributed by atoms with Crippen LogP contribution >= 0.6 is 22.3 Å². The number of rotatable bonds is 2. The highest BCUT2D eigenvalue weighted by Gasteiger charge is 2.03.